The summed E-state index contributed by atoms with van der Waals surface area (Å²) in [6.07, 6.45) is 0. The van der Waals surface area contributed by atoms with Crippen molar-refractivity contribution in [1.82, 2.24) is 10.5 Å². The number of quaternary nitrogens is 2. The molecule has 3 N–H and O–H groups in total. The molecule has 8 heteroatoms. The van der Waals surface area contributed by atoms with E-state index in [1.807, 2.05) is 25.1 Å². The van der Waals surface area contributed by atoms with Crippen molar-refractivity contribution < 1.29 is 23.9 Å². The van der Waals surface area contributed by atoms with Gasteiger partial charge < -0.3 is 24.4 Å². The summed E-state index contributed by atoms with van der Waals surface area (Å²) in [5, 5.41) is 7.66. The third-order valence-corrected chi connectivity index (χ3v) is 4.94. The van der Waals surface area contributed by atoms with Crippen molar-refractivity contribution in [2.75, 3.05) is 45.9 Å². The van der Waals surface area contributed by atoms with E-state index >= 15 is 0 Å². The molecule has 3 rings (SSSR count). The minimum absolute atomic E-state index is 0.0697. The van der Waals surface area contributed by atoms with Gasteiger partial charge in [0.1, 0.15) is 56.5 Å². The molecule has 0 aliphatic carbocycles. The maximum absolute atomic E-state index is 12.1. The summed E-state index contributed by atoms with van der Waals surface area (Å²) in [6.45, 7) is 8.29. The number of nitrogens with zero attached hydrogens (tertiary/aromatic N) is 1. The Bertz CT molecular complexity index is 727. The van der Waals surface area contributed by atoms with E-state index in [1.54, 1.807) is 12.1 Å². The van der Waals surface area contributed by atoms with Gasteiger partial charge in [0.25, 0.3) is 5.91 Å². The van der Waals surface area contributed by atoms with E-state index < -0.39 is 0 Å². The Labute approximate surface area is 164 Å². The molecule has 146 valence electrons. The van der Waals surface area contributed by atoms with Crippen LogP contribution >= 0.6 is 11.6 Å². The van der Waals surface area contributed by atoms with E-state index in [-0.39, 0.29) is 5.91 Å². The number of hydrogen-bond donors (Lipinski definition) is 3. The first kappa shape index (κ1) is 19.7. The number of halogens is 1. The number of aryl methyl sites for hydroxylation is 1. The van der Waals surface area contributed by atoms with Gasteiger partial charge in [-0.05, 0) is 31.2 Å². The van der Waals surface area contributed by atoms with Gasteiger partial charge in [-0.1, -0.05) is 16.8 Å². The maximum atomic E-state index is 12.1. The second-order valence-corrected chi connectivity index (χ2v) is 7.37. The summed E-state index contributed by atoms with van der Waals surface area (Å²) in [7, 11) is 0. The van der Waals surface area contributed by atoms with E-state index in [4.69, 9.17) is 20.9 Å². The lowest BCUT2D eigenvalue weighted by Gasteiger charge is -2.28. The van der Waals surface area contributed by atoms with Crippen LogP contribution in [0, 0.1) is 6.92 Å². The molecule has 0 radical (unpaired) electrons. The molecule has 1 amide bonds. The SMILES string of the molecule is Cc1cc(C[NH+]2CC[NH+](CC(=O)NCCOc3ccc(Cl)cc3)CC2)no1. The predicted octanol–water partition coefficient (Wildman–Crippen LogP) is -0.885. The van der Waals surface area contributed by atoms with Gasteiger partial charge in [0.05, 0.1) is 6.54 Å². The van der Waals surface area contributed by atoms with Crippen LogP contribution in [-0.4, -0.2) is 56.9 Å². The van der Waals surface area contributed by atoms with E-state index in [1.165, 1.54) is 9.80 Å². The molecule has 2 heterocycles. The number of piperazine rings is 1. The lowest BCUT2D eigenvalue weighted by molar-refractivity contribution is -1.02. The van der Waals surface area contributed by atoms with Crippen LogP contribution in [0.25, 0.3) is 0 Å². The fourth-order valence-corrected chi connectivity index (χ4v) is 3.37. The molecule has 0 bridgehead atoms. The molecule has 1 aromatic heterocycles. The Kier molecular flexibility index (Phi) is 7.09. The van der Waals surface area contributed by atoms with Crippen molar-refractivity contribution in [3.8, 4) is 5.75 Å². The van der Waals surface area contributed by atoms with Crippen molar-refractivity contribution in [3.63, 3.8) is 0 Å². The Hall–Kier alpha value is -2.09. The third kappa shape index (κ3) is 6.53. The van der Waals surface area contributed by atoms with Crippen LogP contribution in [0.3, 0.4) is 0 Å². The number of hydrogen-bond acceptors (Lipinski definition) is 4. The largest absolute Gasteiger partial charge is 0.492 e. The van der Waals surface area contributed by atoms with Gasteiger partial charge in [0, 0.05) is 11.1 Å². The highest BCUT2D eigenvalue weighted by Gasteiger charge is 2.25. The number of carbonyl (C=O) groups excluding carboxylic acids is 1. The number of aromatic nitrogens is 1. The highest BCUT2D eigenvalue weighted by molar-refractivity contribution is 6.30. The molecule has 27 heavy (non-hydrogen) atoms. The number of ether oxygens (including phenoxy) is 1. The minimum Gasteiger partial charge on any atom is -0.492 e. The monoisotopic (exact) mass is 394 g/mol. The third-order valence-electron chi connectivity index (χ3n) is 4.69. The summed E-state index contributed by atoms with van der Waals surface area (Å²) >= 11 is 5.83. The maximum Gasteiger partial charge on any atom is 0.275 e. The van der Waals surface area contributed by atoms with Crippen LogP contribution in [0.2, 0.25) is 5.02 Å². The predicted molar refractivity (Wildman–Crippen MR) is 101 cm³/mol. The molecule has 1 fully saturated rings. The molecule has 1 aliphatic rings. The van der Waals surface area contributed by atoms with Gasteiger partial charge in [0.2, 0.25) is 0 Å². The second-order valence-electron chi connectivity index (χ2n) is 6.93. The van der Waals surface area contributed by atoms with Crippen LogP contribution in [-0.2, 0) is 11.3 Å². The van der Waals surface area contributed by atoms with E-state index in [2.05, 4.69) is 10.5 Å². The molecule has 0 atom stereocenters. The Morgan fingerprint density at radius 2 is 1.93 bits per heavy atom. The number of benzene rings is 1. The van der Waals surface area contributed by atoms with E-state index in [0.717, 1.165) is 49.9 Å². The summed E-state index contributed by atoms with van der Waals surface area (Å²) in [6, 6.07) is 9.19. The van der Waals surface area contributed by atoms with Gasteiger partial charge in [-0.2, -0.15) is 0 Å². The van der Waals surface area contributed by atoms with Crippen LogP contribution in [0.4, 0.5) is 0 Å². The molecule has 0 unspecified atom stereocenters. The number of nitrogens with one attached hydrogen (secondary N) is 3. The number of carbonyl (C=O) groups is 1. The minimum atomic E-state index is 0.0697. The Morgan fingerprint density at radius 3 is 2.59 bits per heavy atom. The van der Waals surface area contributed by atoms with Gasteiger partial charge in [0.15, 0.2) is 6.54 Å². The van der Waals surface area contributed by atoms with Gasteiger partial charge in [-0.15, -0.1) is 0 Å². The summed E-state index contributed by atoms with van der Waals surface area (Å²) in [5.74, 6) is 1.67. The zero-order chi connectivity index (χ0) is 19.1. The lowest BCUT2D eigenvalue weighted by Crippen LogP contribution is -3.28. The first-order valence-electron chi connectivity index (χ1n) is 9.33. The summed E-state index contributed by atoms with van der Waals surface area (Å²) < 4.78 is 10.7. The van der Waals surface area contributed by atoms with Crippen molar-refractivity contribution in [2.24, 2.45) is 0 Å². The molecule has 2 aromatic rings. The quantitative estimate of drug-likeness (QED) is 0.508. The molecule has 1 saturated heterocycles. The summed E-state index contributed by atoms with van der Waals surface area (Å²) in [4.78, 5) is 14.9. The van der Waals surface area contributed by atoms with Crippen molar-refractivity contribution >= 4 is 17.5 Å². The van der Waals surface area contributed by atoms with Crippen molar-refractivity contribution in [3.05, 3.63) is 46.8 Å². The van der Waals surface area contributed by atoms with Gasteiger partial charge >= 0.3 is 0 Å². The van der Waals surface area contributed by atoms with E-state index in [9.17, 15) is 4.79 Å². The Morgan fingerprint density at radius 1 is 1.22 bits per heavy atom. The first-order chi connectivity index (χ1) is 13.1. The molecular weight excluding hydrogens is 368 g/mol. The van der Waals surface area contributed by atoms with Crippen LogP contribution < -0.4 is 19.9 Å². The second kappa shape index (κ2) is 9.73. The average molecular weight is 395 g/mol. The molecular formula is C19H27ClN4O3+2. The molecule has 0 spiro atoms. The zero-order valence-electron chi connectivity index (χ0n) is 15.6. The number of rotatable bonds is 8. The lowest BCUT2D eigenvalue weighted by atomic mass is 10.2. The topological polar surface area (TPSA) is 73.2 Å². The number of amides is 1. The fraction of sp³-hybridized carbons (Fsp3) is 0.474. The molecule has 7 nitrogen and oxygen atoms in total. The van der Waals surface area contributed by atoms with Crippen LogP contribution in [0.1, 0.15) is 11.5 Å². The fourth-order valence-electron chi connectivity index (χ4n) is 3.25. The van der Waals surface area contributed by atoms with Crippen LogP contribution in [0.5, 0.6) is 5.75 Å². The smallest absolute Gasteiger partial charge is 0.275 e. The molecule has 0 saturated carbocycles. The van der Waals surface area contributed by atoms with E-state index in [0.29, 0.717) is 24.7 Å². The van der Waals surface area contributed by atoms with Crippen molar-refractivity contribution in [2.45, 2.75) is 13.5 Å². The van der Waals surface area contributed by atoms with Crippen LogP contribution in [0.15, 0.2) is 34.9 Å². The van der Waals surface area contributed by atoms with Crippen molar-refractivity contribution in [1.29, 1.82) is 0 Å². The highest BCUT2D eigenvalue weighted by Crippen LogP contribution is 2.14. The molecule has 1 aromatic carbocycles. The van der Waals surface area contributed by atoms with Gasteiger partial charge in [-0.25, -0.2) is 0 Å². The van der Waals surface area contributed by atoms with Gasteiger partial charge in [-0.3, -0.25) is 4.79 Å². The first-order valence-corrected chi connectivity index (χ1v) is 9.70. The zero-order valence-corrected chi connectivity index (χ0v) is 16.3. The summed E-state index contributed by atoms with van der Waals surface area (Å²) in [5.41, 5.74) is 1.00. The average Bonchev–Trinajstić information content (AvgIpc) is 3.07. The Balaban J connectivity index is 1.28. The highest BCUT2D eigenvalue weighted by atomic mass is 35.5. The standard InChI is InChI=1S/C19H25ClN4O3/c1-15-12-17(22-27-15)13-23-7-9-24(10-8-23)14-19(25)21-6-11-26-18-4-2-16(20)3-5-18/h2-5,12H,6-11,13-14H2,1H3,(H,21,25)/p+2. The molecule has 1 aliphatic heterocycles. The normalized spacial score (nSPS) is 19.6.